The molecule has 1 aliphatic carbocycles. The van der Waals surface area contributed by atoms with E-state index in [0.717, 1.165) is 24.3 Å². The average molecular weight is 312 g/mol. The molecule has 3 heteroatoms. The lowest BCUT2D eigenvalue weighted by Crippen LogP contribution is -2.34. The molecule has 0 N–H and O–H groups in total. The summed E-state index contributed by atoms with van der Waals surface area (Å²) in [5, 5.41) is 0. The van der Waals surface area contributed by atoms with Crippen LogP contribution in [0.3, 0.4) is 0 Å². The van der Waals surface area contributed by atoms with Crippen molar-refractivity contribution in [3.8, 4) is 5.75 Å². The molecule has 0 radical (unpaired) electrons. The average Bonchev–Trinajstić information content (AvgIpc) is 2.54. The van der Waals surface area contributed by atoms with Crippen molar-refractivity contribution in [1.82, 2.24) is 4.90 Å². The van der Waals surface area contributed by atoms with E-state index in [1.807, 2.05) is 24.3 Å². The smallest absolute Gasteiger partial charge is 0.121 e. The zero-order chi connectivity index (χ0) is 16.3. The molecule has 1 aromatic carbocycles. The van der Waals surface area contributed by atoms with Crippen molar-refractivity contribution in [2.45, 2.75) is 46.0 Å². The van der Waals surface area contributed by atoms with Crippen molar-refractivity contribution in [1.29, 1.82) is 0 Å². The summed E-state index contributed by atoms with van der Waals surface area (Å²) in [5.74, 6) is 0.863. The third kappa shape index (κ3) is 4.15. The number of methoxy groups -OCH3 is 1. The number of allylic oxidation sites excluding steroid dienone is 2. The lowest BCUT2D eigenvalue weighted by atomic mass is 9.78. The maximum absolute atomic E-state index is 5.31. The molecular weight excluding hydrogens is 284 g/mol. The first-order chi connectivity index (χ1) is 11.1. The fourth-order valence-electron chi connectivity index (χ4n) is 3.64. The van der Waals surface area contributed by atoms with Crippen LogP contribution < -0.4 is 4.74 Å². The van der Waals surface area contributed by atoms with E-state index in [4.69, 9.17) is 9.73 Å². The molecule has 1 aliphatic heterocycles. The van der Waals surface area contributed by atoms with Gasteiger partial charge in [-0.25, -0.2) is 0 Å². The summed E-state index contributed by atoms with van der Waals surface area (Å²) in [4.78, 5) is 7.48. The normalized spacial score (nSPS) is 22.8. The van der Waals surface area contributed by atoms with E-state index in [2.05, 4.69) is 24.8 Å². The van der Waals surface area contributed by atoms with E-state index in [9.17, 15) is 0 Å². The highest BCUT2D eigenvalue weighted by atomic mass is 16.5. The Balaban J connectivity index is 1.88. The van der Waals surface area contributed by atoms with Crippen LogP contribution in [0.4, 0.5) is 5.69 Å². The Kier molecular flexibility index (Phi) is 4.74. The quantitative estimate of drug-likeness (QED) is 0.788. The number of benzene rings is 1. The van der Waals surface area contributed by atoms with Crippen molar-refractivity contribution < 1.29 is 4.74 Å². The third-order valence-electron chi connectivity index (χ3n) is 4.74. The Bertz CT molecular complexity index is 610. The van der Waals surface area contributed by atoms with Crippen LogP contribution in [0.25, 0.3) is 0 Å². The largest absolute Gasteiger partial charge is 0.497 e. The topological polar surface area (TPSA) is 24.8 Å². The van der Waals surface area contributed by atoms with Gasteiger partial charge in [-0.2, -0.15) is 0 Å². The molecule has 0 amide bonds. The number of aliphatic imine (C=N–C) groups is 1. The summed E-state index contributed by atoms with van der Waals surface area (Å²) in [5.41, 5.74) is 3.92. The maximum Gasteiger partial charge on any atom is 0.121 e. The van der Waals surface area contributed by atoms with Gasteiger partial charge in [0.2, 0.25) is 0 Å². The summed E-state index contributed by atoms with van der Waals surface area (Å²) in [6.07, 6.45) is 8.53. The molecule has 0 atom stereocenters. The first kappa shape index (κ1) is 16.1. The Hall–Kier alpha value is -1.77. The molecule has 1 aromatic rings. The van der Waals surface area contributed by atoms with Gasteiger partial charge in [-0.1, -0.05) is 19.9 Å². The fraction of sp³-hybridized carbons (Fsp3) is 0.550. The molecule has 0 aromatic heterocycles. The maximum atomic E-state index is 5.31. The number of likely N-dealkylation sites (tertiary alicyclic amines) is 1. The van der Waals surface area contributed by atoms with Crippen molar-refractivity contribution >= 4 is 11.4 Å². The second kappa shape index (κ2) is 6.77. The zero-order valence-electron chi connectivity index (χ0n) is 14.6. The van der Waals surface area contributed by atoms with E-state index in [1.165, 1.54) is 43.8 Å². The Morgan fingerprint density at radius 1 is 1.09 bits per heavy atom. The number of nitrogens with zero attached hydrogens (tertiary/aromatic N) is 2. The molecule has 0 spiro atoms. The molecular formula is C20H28N2O. The predicted octanol–water partition coefficient (Wildman–Crippen LogP) is 4.96. The molecule has 0 unspecified atom stereocenters. The van der Waals surface area contributed by atoms with Gasteiger partial charge in [0.25, 0.3) is 0 Å². The number of ether oxygens (including phenoxy) is 1. The summed E-state index contributed by atoms with van der Waals surface area (Å²) in [6.45, 7) is 7.11. The number of rotatable bonds is 3. The molecule has 0 bridgehead atoms. The number of hydrogen-bond donors (Lipinski definition) is 0. The first-order valence-corrected chi connectivity index (χ1v) is 8.73. The summed E-state index contributed by atoms with van der Waals surface area (Å²) in [7, 11) is 1.70. The van der Waals surface area contributed by atoms with Crippen LogP contribution in [0, 0.1) is 5.41 Å². The molecule has 1 saturated heterocycles. The number of hydrogen-bond acceptors (Lipinski definition) is 3. The van der Waals surface area contributed by atoms with E-state index >= 15 is 0 Å². The minimum Gasteiger partial charge on any atom is -0.497 e. The van der Waals surface area contributed by atoms with Crippen LogP contribution in [0.1, 0.15) is 46.0 Å². The lowest BCUT2D eigenvalue weighted by Gasteiger charge is -2.38. The second-order valence-electron chi connectivity index (χ2n) is 7.51. The van der Waals surface area contributed by atoms with Gasteiger partial charge in [0.05, 0.1) is 12.8 Å². The van der Waals surface area contributed by atoms with Crippen LogP contribution in [0.5, 0.6) is 5.75 Å². The Labute approximate surface area is 140 Å². The SMILES string of the molecule is COc1cccc(N=C2C=C(N3CCCCC3)CC(C)(C)C2)c1. The Morgan fingerprint density at radius 3 is 2.61 bits per heavy atom. The molecule has 1 heterocycles. The van der Waals surface area contributed by atoms with Crippen LogP contribution >= 0.6 is 0 Å². The predicted molar refractivity (Wildman–Crippen MR) is 96.6 cm³/mol. The van der Waals surface area contributed by atoms with Gasteiger partial charge in [0.1, 0.15) is 5.75 Å². The minimum absolute atomic E-state index is 0.277. The van der Waals surface area contributed by atoms with Crippen LogP contribution in [-0.2, 0) is 0 Å². The van der Waals surface area contributed by atoms with Gasteiger partial charge in [-0.3, -0.25) is 4.99 Å². The van der Waals surface area contributed by atoms with Crippen molar-refractivity contribution in [2.24, 2.45) is 10.4 Å². The van der Waals surface area contributed by atoms with E-state index in [-0.39, 0.29) is 5.41 Å². The number of piperidine rings is 1. The lowest BCUT2D eigenvalue weighted by molar-refractivity contribution is 0.241. The zero-order valence-corrected chi connectivity index (χ0v) is 14.6. The van der Waals surface area contributed by atoms with Gasteiger partial charge < -0.3 is 9.64 Å². The molecule has 124 valence electrons. The monoisotopic (exact) mass is 312 g/mol. The molecule has 0 saturated carbocycles. The van der Waals surface area contributed by atoms with Crippen molar-refractivity contribution in [2.75, 3.05) is 20.2 Å². The molecule has 3 nitrogen and oxygen atoms in total. The van der Waals surface area contributed by atoms with Crippen LogP contribution in [0.15, 0.2) is 41.0 Å². The van der Waals surface area contributed by atoms with E-state index < -0.39 is 0 Å². The van der Waals surface area contributed by atoms with E-state index in [1.54, 1.807) is 7.11 Å². The standard InChI is InChI=1S/C20H28N2O/c1-20(2)14-17(21-16-8-7-9-19(13-16)23-3)12-18(15-20)22-10-5-4-6-11-22/h7-9,12-13H,4-6,10-11,14-15H2,1-3H3. The highest BCUT2D eigenvalue weighted by molar-refractivity contribution is 5.98. The summed E-state index contributed by atoms with van der Waals surface area (Å²) >= 11 is 0. The minimum atomic E-state index is 0.277. The second-order valence-corrected chi connectivity index (χ2v) is 7.51. The highest BCUT2D eigenvalue weighted by Gasteiger charge is 2.29. The molecule has 2 aliphatic rings. The Morgan fingerprint density at radius 2 is 1.87 bits per heavy atom. The highest BCUT2D eigenvalue weighted by Crippen LogP contribution is 2.37. The van der Waals surface area contributed by atoms with Crippen LogP contribution in [-0.4, -0.2) is 30.8 Å². The van der Waals surface area contributed by atoms with Crippen molar-refractivity contribution in [3.63, 3.8) is 0 Å². The van der Waals surface area contributed by atoms with Gasteiger partial charge in [0, 0.05) is 30.6 Å². The van der Waals surface area contributed by atoms with E-state index in [0.29, 0.717) is 0 Å². The summed E-state index contributed by atoms with van der Waals surface area (Å²) < 4.78 is 5.31. The van der Waals surface area contributed by atoms with Gasteiger partial charge in [-0.15, -0.1) is 0 Å². The first-order valence-electron chi connectivity index (χ1n) is 8.73. The molecule has 23 heavy (non-hydrogen) atoms. The van der Waals surface area contributed by atoms with Gasteiger partial charge >= 0.3 is 0 Å². The fourth-order valence-corrected chi connectivity index (χ4v) is 3.64. The van der Waals surface area contributed by atoms with Crippen LogP contribution in [0.2, 0.25) is 0 Å². The molecule has 1 fully saturated rings. The summed E-state index contributed by atoms with van der Waals surface area (Å²) in [6, 6.07) is 8.01. The molecule has 3 rings (SSSR count). The van der Waals surface area contributed by atoms with Gasteiger partial charge in [0.15, 0.2) is 0 Å². The van der Waals surface area contributed by atoms with Gasteiger partial charge in [-0.05, 0) is 55.7 Å². The van der Waals surface area contributed by atoms with Crippen molar-refractivity contribution in [3.05, 3.63) is 36.0 Å². The third-order valence-corrected chi connectivity index (χ3v) is 4.74.